The molecule has 0 saturated heterocycles. The minimum Gasteiger partial charge on any atom is -0.480 e. The molecule has 0 aliphatic heterocycles. The highest BCUT2D eigenvalue weighted by Crippen LogP contribution is 2.12. The first-order valence-electron chi connectivity index (χ1n) is 4.91. The summed E-state index contributed by atoms with van der Waals surface area (Å²) in [5.41, 5.74) is 0.627. The van der Waals surface area contributed by atoms with Crippen LogP contribution in [0.5, 0.6) is 0 Å². The van der Waals surface area contributed by atoms with Gasteiger partial charge in [0.25, 0.3) is 5.91 Å². The van der Waals surface area contributed by atoms with Crippen LogP contribution in [0.4, 0.5) is 0 Å². The van der Waals surface area contributed by atoms with Crippen LogP contribution in [0.15, 0.2) is 0 Å². The number of carbonyl (C=O) groups excluding carboxylic acids is 1. The van der Waals surface area contributed by atoms with Gasteiger partial charge in [-0.2, -0.15) is 0 Å². The summed E-state index contributed by atoms with van der Waals surface area (Å²) in [6, 6.07) is -0.913. The molecule has 1 heterocycles. The van der Waals surface area contributed by atoms with E-state index in [1.54, 1.807) is 0 Å². The minimum absolute atomic E-state index is 0.398. The third-order valence-electron chi connectivity index (χ3n) is 1.97. The van der Waals surface area contributed by atoms with Gasteiger partial charge in [0.15, 0.2) is 0 Å². The summed E-state index contributed by atoms with van der Waals surface area (Å²) < 4.78 is 3.70. The predicted octanol–water partition coefficient (Wildman–Crippen LogP) is 0.694. The summed E-state index contributed by atoms with van der Waals surface area (Å²) in [6.07, 6.45) is 1.53. The molecular weight excluding hydrogens is 230 g/mol. The number of carbonyl (C=O) groups is 2. The van der Waals surface area contributed by atoms with Crippen molar-refractivity contribution in [1.29, 1.82) is 0 Å². The van der Waals surface area contributed by atoms with E-state index in [1.165, 1.54) is 6.92 Å². The lowest BCUT2D eigenvalue weighted by atomic mass is 10.2. The second-order valence-corrected chi connectivity index (χ2v) is 4.09. The molecule has 1 amide bonds. The van der Waals surface area contributed by atoms with Crippen LogP contribution in [0.25, 0.3) is 0 Å². The molecule has 0 aliphatic rings. The fourth-order valence-electron chi connectivity index (χ4n) is 1.11. The Kier molecular flexibility index (Phi) is 4.36. The van der Waals surface area contributed by atoms with E-state index >= 15 is 0 Å². The highest BCUT2D eigenvalue weighted by atomic mass is 32.1. The molecule has 0 bridgehead atoms. The summed E-state index contributed by atoms with van der Waals surface area (Å²) in [6.45, 7) is 3.38. The number of aryl methyl sites for hydroxylation is 1. The maximum absolute atomic E-state index is 11.7. The van der Waals surface area contributed by atoms with Crippen molar-refractivity contribution in [3.05, 3.63) is 10.6 Å². The Bertz CT molecular complexity index is 391. The van der Waals surface area contributed by atoms with E-state index in [2.05, 4.69) is 14.9 Å². The van der Waals surface area contributed by atoms with Crippen molar-refractivity contribution >= 4 is 23.4 Å². The van der Waals surface area contributed by atoms with Crippen LogP contribution in [0.2, 0.25) is 0 Å². The number of carboxylic acid groups (broad SMARTS) is 1. The van der Waals surface area contributed by atoms with Gasteiger partial charge in [0, 0.05) is 0 Å². The SMILES string of the molecule is CCCc1nnsc1C(=O)NC(C)C(=O)O. The second kappa shape index (κ2) is 5.55. The number of nitrogens with one attached hydrogen (secondary N) is 1. The number of aliphatic carboxylic acids is 1. The Morgan fingerprint density at radius 2 is 2.25 bits per heavy atom. The van der Waals surface area contributed by atoms with Gasteiger partial charge in [-0.3, -0.25) is 9.59 Å². The van der Waals surface area contributed by atoms with Crippen LogP contribution in [-0.4, -0.2) is 32.6 Å². The lowest BCUT2D eigenvalue weighted by Crippen LogP contribution is -2.38. The molecule has 1 aromatic rings. The maximum atomic E-state index is 11.7. The van der Waals surface area contributed by atoms with E-state index in [4.69, 9.17) is 5.11 Å². The summed E-state index contributed by atoms with van der Waals surface area (Å²) in [5.74, 6) is -1.49. The third kappa shape index (κ3) is 2.99. The molecule has 0 saturated carbocycles. The van der Waals surface area contributed by atoms with E-state index in [9.17, 15) is 9.59 Å². The largest absolute Gasteiger partial charge is 0.480 e. The van der Waals surface area contributed by atoms with Crippen LogP contribution in [0.3, 0.4) is 0 Å². The standard InChI is InChI=1S/C9H13N3O3S/c1-3-4-6-7(16-12-11-6)8(13)10-5(2)9(14)15/h5H,3-4H2,1-2H3,(H,10,13)(H,14,15). The smallest absolute Gasteiger partial charge is 0.325 e. The van der Waals surface area contributed by atoms with Crippen molar-refractivity contribution < 1.29 is 14.7 Å². The van der Waals surface area contributed by atoms with Crippen LogP contribution in [-0.2, 0) is 11.2 Å². The van der Waals surface area contributed by atoms with E-state index in [1.807, 2.05) is 6.92 Å². The Morgan fingerprint density at radius 3 is 2.81 bits per heavy atom. The van der Waals surface area contributed by atoms with Gasteiger partial charge in [-0.25, -0.2) is 0 Å². The minimum atomic E-state index is -1.07. The molecule has 1 aromatic heterocycles. The Labute approximate surface area is 96.8 Å². The van der Waals surface area contributed by atoms with Crippen molar-refractivity contribution in [2.45, 2.75) is 32.7 Å². The number of hydrogen-bond donors (Lipinski definition) is 2. The normalized spacial score (nSPS) is 12.1. The van der Waals surface area contributed by atoms with Crippen molar-refractivity contribution in [3.8, 4) is 0 Å². The Balaban J connectivity index is 2.72. The molecule has 0 aliphatic carbocycles. The van der Waals surface area contributed by atoms with Gasteiger partial charge < -0.3 is 10.4 Å². The predicted molar refractivity (Wildman–Crippen MR) is 58.5 cm³/mol. The molecule has 7 heteroatoms. The zero-order valence-electron chi connectivity index (χ0n) is 9.06. The first-order chi connectivity index (χ1) is 7.56. The van der Waals surface area contributed by atoms with Gasteiger partial charge in [0.05, 0.1) is 5.69 Å². The number of rotatable bonds is 5. The fourth-order valence-corrected chi connectivity index (χ4v) is 1.72. The van der Waals surface area contributed by atoms with Crippen LogP contribution >= 0.6 is 11.5 Å². The summed E-state index contributed by atoms with van der Waals surface area (Å²) in [5, 5.41) is 14.9. The summed E-state index contributed by atoms with van der Waals surface area (Å²) in [4.78, 5) is 22.6. The highest BCUT2D eigenvalue weighted by Gasteiger charge is 2.20. The van der Waals surface area contributed by atoms with Gasteiger partial charge in [-0.1, -0.05) is 17.8 Å². The van der Waals surface area contributed by atoms with Crippen LogP contribution < -0.4 is 5.32 Å². The van der Waals surface area contributed by atoms with E-state index in [0.717, 1.165) is 18.0 Å². The van der Waals surface area contributed by atoms with Gasteiger partial charge in [-0.15, -0.1) is 5.10 Å². The molecule has 2 N–H and O–H groups in total. The number of aromatic nitrogens is 2. The van der Waals surface area contributed by atoms with Gasteiger partial charge in [0.2, 0.25) is 0 Å². The van der Waals surface area contributed by atoms with Crippen molar-refractivity contribution in [3.63, 3.8) is 0 Å². The highest BCUT2D eigenvalue weighted by molar-refractivity contribution is 7.08. The summed E-state index contributed by atoms with van der Waals surface area (Å²) >= 11 is 0.985. The Morgan fingerprint density at radius 1 is 1.56 bits per heavy atom. The maximum Gasteiger partial charge on any atom is 0.325 e. The molecule has 0 spiro atoms. The van der Waals surface area contributed by atoms with Gasteiger partial charge in [0.1, 0.15) is 10.9 Å². The van der Waals surface area contributed by atoms with Crippen molar-refractivity contribution in [2.75, 3.05) is 0 Å². The zero-order chi connectivity index (χ0) is 12.1. The molecule has 1 atom stereocenters. The molecule has 88 valence electrons. The quantitative estimate of drug-likeness (QED) is 0.794. The molecule has 0 radical (unpaired) electrons. The van der Waals surface area contributed by atoms with Crippen molar-refractivity contribution in [2.24, 2.45) is 0 Å². The lowest BCUT2D eigenvalue weighted by molar-refractivity contribution is -0.138. The molecule has 1 rings (SSSR count). The molecule has 1 unspecified atom stereocenters. The first-order valence-corrected chi connectivity index (χ1v) is 5.68. The molecule has 0 fully saturated rings. The number of nitrogens with zero attached hydrogens (tertiary/aromatic N) is 2. The average molecular weight is 243 g/mol. The van der Waals surface area contributed by atoms with Crippen LogP contribution in [0, 0.1) is 0 Å². The molecule has 6 nitrogen and oxygen atoms in total. The van der Waals surface area contributed by atoms with Crippen LogP contribution in [0.1, 0.15) is 35.6 Å². The Hall–Kier alpha value is -1.50. The zero-order valence-corrected chi connectivity index (χ0v) is 9.87. The van der Waals surface area contributed by atoms with Gasteiger partial charge >= 0.3 is 5.97 Å². The lowest BCUT2D eigenvalue weighted by Gasteiger charge is -2.07. The molecule has 0 aromatic carbocycles. The molecular formula is C9H13N3O3S. The van der Waals surface area contributed by atoms with Gasteiger partial charge in [-0.05, 0) is 24.9 Å². The van der Waals surface area contributed by atoms with Crippen molar-refractivity contribution in [1.82, 2.24) is 14.9 Å². The van der Waals surface area contributed by atoms with E-state index in [0.29, 0.717) is 17.0 Å². The molecule has 16 heavy (non-hydrogen) atoms. The first kappa shape index (κ1) is 12.6. The topological polar surface area (TPSA) is 92.2 Å². The number of carboxylic acids is 1. The van der Waals surface area contributed by atoms with E-state index < -0.39 is 17.9 Å². The third-order valence-corrected chi connectivity index (χ3v) is 2.73. The number of amides is 1. The summed E-state index contributed by atoms with van der Waals surface area (Å²) in [7, 11) is 0. The average Bonchev–Trinajstić information content (AvgIpc) is 2.66. The fraction of sp³-hybridized carbons (Fsp3) is 0.556. The van der Waals surface area contributed by atoms with E-state index in [-0.39, 0.29) is 0 Å². The second-order valence-electron chi connectivity index (χ2n) is 3.33. The number of hydrogen-bond acceptors (Lipinski definition) is 5. The monoisotopic (exact) mass is 243 g/mol.